The zero-order valence-corrected chi connectivity index (χ0v) is 9.10. The topological polar surface area (TPSA) is 59.4 Å². The van der Waals surface area contributed by atoms with Gasteiger partial charge < -0.3 is 9.84 Å². The molecule has 0 amide bonds. The van der Waals surface area contributed by atoms with Gasteiger partial charge in [0.05, 0.1) is 13.0 Å². The molecule has 1 N–H and O–H groups in total. The fourth-order valence-corrected chi connectivity index (χ4v) is 1.54. The summed E-state index contributed by atoms with van der Waals surface area (Å²) in [5, 5.41) is 9.10. The summed E-state index contributed by atoms with van der Waals surface area (Å²) in [7, 11) is 1.51. The molecule has 0 aliphatic heterocycles. The first kappa shape index (κ1) is 11.5. The Morgan fingerprint density at radius 3 is 2.67 bits per heavy atom. The minimum absolute atomic E-state index is 0.0367. The third kappa shape index (κ3) is 2.68. The van der Waals surface area contributed by atoms with Crippen LogP contribution in [0.3, 0.4) is 0 Å². The summed E-state index contributed by atoms with van der Waals surface area (Å²) >= 11 is 0. The van der Waals surface area contributed by atoms with Crippen molar-refractivity contribution >= 4 is 5.97 Å². The van der Waals surface area contributed by atoms with Crippen molar-refractivity contribution in [3.8, 4) is 5.88 Å². The van der Waals surface area contributed by atoms with Crippen LogP contribution in [0.2, 0.25) is 0 Å². The molecule has 0 spiro atoms. The van der Waals surface area contributed by atoms with Gasteiger partial charge in [0, 0.05) is 12.3 Å². The number of hydrogen-bond acceptors (Lipinski definition) is 3. The molecule has 82 valence electrons. The van der Waals surface area contributed by atoms with E-state index in [1.165, 1.54) is 7.11 Å². The highest BCUT2D eigenvalue weighted by molar-refractivity contribution is 5.76. The second-order valence-electron chi connectivity index (χ2n) is 3.69. The van der Waals surface area contributed by atoms with Gasteiger partial charge in [-0.25, -0.2) is 4.98 Å². The molecule has 1 rings (SSSR count). The number of aromatic nitrogens is 1. The lowest BCUT2D eigenvalue weighted by Gasteiger charge is -2.16. The molecule has 1 unspecified atom stereocenters. The van der Waals surface area contributed by atoms with E-state index in [-0.39, 0.29) is 5.92 Å². The molecule has 1 aromatic heterocycles. The average Bonchev–Trinajstić information content (AvgIpc) is 2.17. The molecule has 4 nitrogen and oxygen atoms in total. The molecule has 0 saturated carbocycles. The molecule has 0 fully saturated rings. The van der Waals surface area contributed by atoms with Crippen LogP contribution in [0.1, 0.15) is 25.3 Å². The maximum Gasteiger partial charge on any atom is 0.311 e. The van der Waals surface area contributed by atoms with Gasteiger partial charge in [0.15, 0.2) is 0 Å². The molecule has 0 aliphatic carbocycles. The maximum absolute atomic E-state index is 11.1. The first-order valence-electron chi connectivity index (χ1n) is 4.79. The number of methoxy groups -OCH3 is 1. The number of pyridine rings is 1. The molecule has 4 heteroatoms. The van der Waals surface area contributed by atoms with Crippen LogP contribution >= 0.6 is 0 Å². The van der Waals surface area contributed by atoms with Crippen LogP contribution in [0, 0.1) is 5.92 Å². The fraction of sp³-hybridized carbons (Fsp3) is 0.455. The average molecular weight is 209 g/mol. The van der Waals surface area contributed by atoms with E-state index in [0.29, 0.717) is 5.88 Å². The minimum atomic E-state index is -0.821. The number of carboxylic acids is 1. The molecule has 1 aromatic rings. The zero-order chi connectivity index (χ0) is 11.4. The first-order chi connectivity index (χ1) is 7.06. The van der Waals surface area contributed by atoms with E-state index < -0.39 is 11.9 Å². The zero-order valence-electron chi connectivity index (χ0n) is 9.10. The van der Waals surface area contributed by atoms with E-state index in [1.807, 2.05) is 13.8 Å². The lowest BCUT2D eigenvalue weighted by atomic mass is 9.89. The van der Waals surface area contributed by atoms with Crippen LogP contribution in [0.4, 0.5) is 0 Å². The van der Waals surface area contributed by atoms with Crippen LogP contribution in [-0.4, -0.2) is 23.2 Å². The molecule has 1 heterocycles. The lowest BCUT2D eigenvalue weighted by molar-refractivity contribution is -0.139. The van der Waals surface area contributed by atoms with Crippen LogP contribution in [0.25, 0.3) is 0 Å². The van der Waals surface area contributed by atoms with Crippen molar-refractivity contribution in [2.45, 2.75) is 19.8 Å². The Balaban J connectivity index is 3.05. The molecular weight excluding hydrogens is 194 g/mol. The van der Waals surface area contributed by atoms with Gasteiger partial charge in [-0.3, -0.25) is 4.79 Å². The Bertz CT molecular complexity index is 349. The number of ether oxygens (including phenoxy) is 1. The molecule has 0 radical (unpaired) electrons. The monoisotopic (exact) mass is 209 g/mol. The molecule has 0 bridgehead atoms. The smallest absolute Gasteiger partial charge is 0.311 e. The van der Waals surface area contributed by atoms with Crippen molar-refractivity contribution in [3.63, 3.8) is 0 Å². The van der Waals surface area contributed by atoms with E-state index in [4.69, 9.17) is 9.84 Å². The van der Waals surface area contributed by atoms with Crippen molar-refractivity contribution in [1.29, 1.82) is 0 Å². The Labute approximate surface area is 88.9 Å². The summed E-state index contributed by atoms with van der Waals surface area (Å²) in [5.74, 6) is -0.853. The number of aliphatic carboxylic acids is 1. The Kier molecular flexibility index (Phi) is 3.66. The summed E-state index contributed by atoms with van der Waals surface area (Å²) in [4.78, 5) is 15.0. The molecule has 15 heavy (non-hydrogen) atoms. The number of carboxylic acid groups (broad SMARTS) is 1. The van der Waals surface area contributed by atoms with Crippen molar-refractivity contribution in [3.05, 3.63) is 23.9 Å². The minimum Gasteiger partial charge on any atom is -0.481 e. The summed E-state index contributed by atoms with van der Waals surface area (Å²) in [6.45, 7) is 3.76. The standard InChI is InChI=1S/C11H15NO3/c1-7(2)10(11(13)14)8-4-5-12-9(6-8)15-3/h4-7,10H,1-3H3,(H,13,14). The number of carbonyl (C=O) groups is 1. The van der Waals surface area contributed by atoms with Gasteiger partial charge in [-0.2, -0.15) is 0 Å². The van der Waals surface area contributed by atoms with E-state index in [1.54, 1.807) is 18.3 Å². The van der Waals surface area contributed by atoms with Crippen molar-refractivity contribution in [2.24, 2.45) is 5.92 Å². The largest absolute Gasteiger partial charge is 0.481 e. The van der Waals surface area contributed by atoms with Crippen molar-refractivity contribution in [2.75, 3.05) is 7.11 Å². The third-order valence-corrected chi connectivity index (χ3v) is 2.26. The van der Waals surface area contributed by atoms with E-state index in [2.05, 4.69) is 4.98 Å². The fourth-order valence-electron chi connectivity index (χ4n) is 1.54. The normalized spacial score (nSPS) is 12.5. The van der Waals surface area contributed by atoms with E-state index in [0.717, 1.165) is 5.56 Å². The van der Waals surface area contributed by atoms with E-state index in [9.17, 15) is 4.79 Å². The summed E-state index contributed by atoms with van der Waals surface area (Å²) in [6, 6.07) is 3.38. The van der Waals surface area contributed by atoms with Gasteiger partial charge in [0.2, 0.25) is 5.88 Å². The van der Waals surface area contributed by atoms with Gasteiger partial charge in [-0.15, -0.1) is 0 Å². The van der Waals surface area contributed by atoms with Gasteiger partial charge in [-0.05, 0) is 17.5 Å². The third-order valence-electron chi connectivity index (χ3n) is 2.26. The quantitative estimate of drug-likeness (QED) is 0.822. The Morgan fingerprint density at radius 2 is 2.20 bits per heavy atom. The summed E-state index contributed by atoms with van der Waals surface area (Å²) < 4.78 is 4.96. The van der Waals surface area contributed by atoms with Gasteiger partial charge in [0.1, 0.15) is 0 Å². The number of nitrogens with zero attached hydrogens (tertiary/aromatic N) is 1. The molecule has 0 aliphatic rings. The molecule has 0 aromatic carbocycles. The SMILES string of the molecule is COc1cc(C(C(=O)O)C(C)C)ccn1. The molecular formula is C11H15NO3. The van der Waals surface area contributed by atoms with E-state index >= 15 is 0 Å². The van der Waals surface area contributed by atoms with Gasteiger partial charge in [-0.1, -0.05) is 13.8 Å². The highest BCUT2D eigenvalue weighted by Gasteiger charge is 2.23. The second kappa shape index (κ2) is 4.77. The summed E-state index contributed by atoms with van der Waals surface area (Å²) in [6.07, 6.45) is 1.56. The highest BCUT2D eigenvalue weighted by atomic mass is 16.5. The van der Waals surface area contributed by atoms with Crippen molar-refractivity contribution in [1.82, 2.24) is 4.98 Å². The lowest BCUT2D eigenvalue weighted by Crippen LogP contribution is -2.17. The van der Waals surface area contributed by atoms with Crippen LogP contribution in [0.5, 0.6) is 5.88 Å². The van der Waals surface area contributed by atoms with Crippen LogP contribution in [-0.2, 0) is 4.79 Å². The van der Waals surface area contributed by atoms with Crippen LogP contribution in [0.15, 0.2) is 18.3 Å². The summed E-state index contributed by atoms with van der Waals surface area (Å²) in [5.41, 5.74) is 0.726. The number of hydrogen-bond donors (Lipinski definition) is 1. The van der Waals surface area contributed by atoms with Gasteiger partial charge >= 0.3 is 5.97 Å². The maximum atomic E-state index is 11.1. The second-order valence-corrected chi connectivity index (χ2v) is 3.69. The molecule has 0 saturated heterocycles. The van der Waals surface area contributed by atoms with Crippen molar-refractivity contribution < 1.29 is 14.6 Å². The van der Waals surface area contributed by atoms with Crippen LogP contribution < -0.4 is 4.74 Å². The Hall–Kier alpha value is -1.58. The van der Waals surface area contributed by atoms with Gasteiger partial charge in [0.25, 0.3) is 0 Å². The first-order valence-corrected chi connectivity index (χ1v) is 4.79. The number of rotatable bonds is 4. The highest BCUT2D eigenvalue weighted by Crippen LogP contribution is 2.26. The predicted molar refractivity (Wildman–Crippen MR) is 56.0 cm³/mol. The predicted octanol–water partition coefficient (Wildman–Crippen LogP) is 1.91. The Morgan fingerprint density at radius 1 is 1.53 bits per heavy atom. The molecule has 1 atom stereocenters.